The molecule has 0 aliphatic carbocycles. The van der Waals surface area contributed by atoms with Gasteiger partial charge in [-0.05, 0) is 17.7 Å². The number of anilines is 1. The molecule has 1 unspecified atom stereocenters. The molecule has 0 aliphatic rings. The molecule has 0 bridgehead atoms. The number of carbonyl (C=O) groups is 2. The predicted octanol–water partition coefficient (Wildman–Crippen LogP) is 2.58. The van der Waals surface area contributed by atoms with Crippen LogP contribution in [0, 0.1) is 0 Å². The van der Waals surface area contributed by atoms with Gasteiger partial charge in [-0.15, -0.1) is 0 Å². The molecule has 0 aliphatic heterocycles. The Balaban J connectivity index is 1.97. The van der Waals surface area contributed by atoms with Gasteiger partial charge >= 0.3 is 0 Å². The fourth-order valence-electron chi connectivity index (χ4n) is 2.73. The molecule has 27 heavy (non-hydrogen) atoms. The molecular weight excluding hydrogens is 342 g/mol. The number of benzene rings is 1. The summed E-state index contributed by atoms with van der Waals surface area (Å²) in [6.07, 6.45) is 1.74. The van der Waals surface area contributed by atoms with Gasteiger partial charge in [-0.1, -0.05) is 37.3 Å². The normalized spacial score (nSPS) is 11.7. The highest BCUT2D eigenvalue weighted by molar-refractivity contribution is 6.05. The Hall–Kier alpha value is -3.48. The number of carbonyl (C=O) groups excluding carboxylic acids is 2. The standard InChI is InChI=1S/C20H21N5O2/c1-13(14-7-5-4-6-8-14)16-11-15(12-17(22-16)20(27)21-2)19(26)23-18-9-10-25(3)24-18/h4-13H,1-3H3,(H,21,27)(H,23,24,26). The van der Waals surface area contributed by atoms with E-state index in [1.807, 2.05) is 37.3 Å². The molecule has 0 radical (unpaired) electrons. The number of rotatable bonds is 5. The summed E-state index contributed by atoms with van der Waals surface area (Å²) in [5.41, 5.74) is 2.25. The second-order valence-electron chi connectivity index (χ2n) is 6.21. The van der Waals surface area contributed by atoms with Gasteiger partial charge in [-0.3, -0.25) is 14.3 Å². The summed E-state index contributed by atoms with van der Waals surface area (Å²) in [5.74, 6) is -0.317. The van der Waals surface area contributed by atoms with Crippen molar-refractivity contribution in [3.63, 3.8) is 0 Å². The minimum Gasteiger partial charge on any atom is -0.354 e. The summed E-state index contributed by atoms with van der Waals surface area (Å²) in [4.78, 5) is 29.3. The van der Waals surface area contributed by atoms with E-state index in [4.69, 9.17) is 0 Å². The van der Waals surface area contributed by atoms with Gasteiger partial charge in [0, 0.05) is 43.5 Å². The molecule has 3 rings (SSSR count). The maximum absolute atomic E-state index is 12.7. The van der Waals surface area contributed by atoms with E-state index in [1.54, 1.807) is 30.1 Å². The third kappa shape index (κ3) is 4.20. The zero-order valence-corrected chi connectivity index (χ0v) is 15.4. The molecular formula is C20H21N5O2. The molecule has 0 spiro atoms. The van der Waals surface area contributed by atoms with E-state index >= 15 is 0 Å². The molecule has 7 nitrogen and oxygen atoms in total. The van der Waals surface area contributed by atoms with Crippen LogP contribution in [0.15, 0.2) is 54.7 Å². The Morgan fingerprint density at radius 2 is 1.81 bits per heavy atom. The number of amides is 2. The van der Waals surface area contributed by atoms with Crippen molar-refractivity contribution in [2.45, 2.75) is 12.8 Å². The van der Waals surface area contributed by atoms with Crippen molar-refractivity contribution in [1.82, 2.24) is 20.1 Å². The van der Waals surface area contributed by atoms with Crippen molar-refractivity contribution in [1.29, 1.82) is 0 Å². The number of hydrogen-bond acceptors (Lipinski definition) is 4. The Kier molecular flexibility index (Phi) is 5.30. The lowest BCUT2D eigenvalue weighted by Crippen LogP contribution is -2.22. The Labute approximate surface area is 157 Å². The van der Waals surface area contributed by atoms with Crippen LogP contribution in [0.25, 0.3) is 0 Å². The topological polar surface area (TPSA) is 88.9 Å². The summed E-state index contributed by atoms with van der Waals surface area (Å²) in [5, 5.41) is 9.44. The van der Waals surface area contributed by atoms with Crippen LogP contribution in [0.4, 0.5) is 5.82 Å². The average molecular weight is 363 g/mol. The first-order valence-electron chi connectivity index (χ1n) is 8.58. The molecule has 0 saturated heterocycles. The van der Waals surface area contributed by atoms with Gasteiger partial charge < -0.3 is 10.6 Å². The molecule has 2 N–H and O–H groups in total. The van der Waals surface area contributed by atoms with Gasteiger partial charge in [-0.25, -0.2) is 4.98 Å². The van der Waals surface area contributed by atoms with Gasteiger partial charge in [-0.2, -0.15) is 5.10 Å². The van der Waals surface area contributed by atoms with E-state index < -0.39 is 0 Å². The molecule has 3 aromatic rings. The van der Waals surface area contributed by atoms with E-state index in [9.17, 15) is 9.59 Å². The first-order chi connectivity index (χ1) is 13.0. The second-order valence-corrected chi connectivity index (χ2v) is 6.21. The fraction of sp³-hybridized carbons (Fsp3) is 0.200. The maximum Gasteiger partial charge on any atom is 0.269 e. The van der Waals surface area contributed by atoms with Gasteiger partial charge in [0.25, 0.3) is 11.8 Å². The summed E-state index contributed by atoms with van der Waals surface area (Å²) in [7, 11) is 3.30. The number of aryl methyl sites for hydroxylation is 1. The molecule has 2 amide bonds. The minimum absolute atomic E-state index is 0.0720. The van der Waals surface area contributed by atoms with Crippen LogP contribution in [-0.2, 0) is 7.05 Å². The third-order valence-corrected chi connectivity index (χ3v) is 4.27. The molecule has 2 heterocycles. The highest BCUT2D eigenvalue weighted by Gasteiger charge is 2.18. The summed E-state index contributed by atoms with van der Waals surface area (Å²) < 4.78 is 1.60. The largest absolute Gasteiger partial charge is 0.354 e. The summed E-state index contributed by atoms with van der Waals surface area (Å²) in [6, 6.07) is 14.7. The fourth-order valence-corrected chi connectivity index (χ4v) is 2.73. The van der Waals surface area contributed by atoms with E-state index in [1.165, 1.54) is 13.1 Å². The van der Waals surface area contributed by atoms with Crippen molar-refractivity contribution in [3.05, 3.63) is 77.2 Å². The average Bonchev–Trinajstić information content (AvgIpc) is 3.11. The third-order valence-electron chi connectivity index (χ3n) is 4.27. The monoisotopic (exact) mass is 363 g/mol. The maximum atomic E-state index is 12.7. The van der Waals surface area contributed by atoms with Crippen molar-refractivity contribution in [2.75, 3.05) is 12.4 Å². The lowest BCUT2D eigenvalue weighted by atomic mass is 9.96. The summed E-state index contributed by atoms with van der Waals surface area (Å²) >= 11 is 0. The van der Waals surface area contributed by atoms with Crippen molar-refractivity contribution < 1.29 is 9.59 Å². The molecule has 0 saturated carbocycles. The van der Waals surface area contributed by atoms with Crippen LogP contribution < -0.4 is 10.6 Å². The highest BCUT2D eigenvalue weighted by Crippen LogP contribution is 2.24. The molecule has 1 aromatic carbocycles. The van der Waals surface area contributed by atoms with E-state index in [0.717, 1.165) is 5.56 Å². The Morgan fingerprint density at radius 3 is 2.44 bits per heavy atom. The van der Waals surface area contributed by atoms with Gasteiger partial charge in [0.1, 0.15) is 5.69 Å². The van der Waals surface area contributed by atoms with Crippen LogP contribution in [-0.4, -0.2) is 33.6 Å². The van der Waals surface area contributed by atoms with Crippen LogP contribution in [0.2, 0.25) is 0 Å². The van der Waals surface area contributed by atoms with Crippen LogP contribution in [0.1, 0.15) is 44.9 Å². The first kappa shape index (κ1) is 18.3. The van der Waals surface area contributed by atoms with Crippen LogP contribution in [0.3, 0.4) is 0 Å². The Morgan fingerprint density at radius 1 is 1.07 bits per heavy atom. The van der Waals surface area contributed by atoms with Crippen LogP contribution >= 0.6 is 0 Å². The molecule has 7 heteroatoms. The smallest absolute Gasteiger partial charge is 0.269 e. The number of hydrogen-bond donors (Lipinski definition) is 2. The molecule has 0 fully saturated rings. The van der Waals surface area contributed by atoms with Crippen LogP contribution in [0.5, 0.6) is 0 Å². The van der Waals surface area contributed by atoms with E-state index in [2.05, 4.69) is 20.7 Å². The predicted molar refractivity (Wildman–Crippen MR) is 103 cm³/mol. The SMILES string of the molecule is CNC(=O)c1cc(C(=O)Nc2ccn(C)n2)cc(C(C)c2ccccc2)n1. The number of aromatic nitrogens is 3. The zero-order valence-electron chi connectivity index (χ0n) is 15.4. The van der Waals surface area contributed by atoms with Gasteiger partial charge in [0.05, 0.1) is 0 Å². The molecule has 138 valence electrons. The number of nitrogens with zero attached hydrogens (tertiary/aromatic N) is 3. The lowest BCUT2D eigenvalue weighted by molar-refractivity contribution is 0.0958. The highest BCUT2D eigenvalue weighted by atomic mass is 16.2. The zero-order chi connectivity index (χ0) is 19.4. The van der Waals surface area contributed by atoms with E-state index in [-0.39, 0.29) is 23.4 Å². The van der Waals surface area contributed by atoms with Crippen molar-refractivity contribution in [2.24, 2.45) is 7.05 Å². The number of nitrogens with one attached hydrogen (secondary N) is 2. The molecule has 1 atom stereocenters. The number of pyridine rings is 1. The Bertz CT molecular complexity index is 966. The first-order valence-corrected chi connectivity index (χ1v) is 8.58. The second kappa shape index (κ2) is 7.82. The van der Waals surface area contributed by atoms with Gasteiger partial charge in [0.2, 0.25) is 0 Å². The van der Waals surface area contributed by atoms with E-state index in [0.29, 0.717) is 17.1 Å². The molecule has 2 aromatic heterocycles. The van der Waals surface area contributed by atoms with Gasteiger partial charge in [0.15, 0.2) is 5.82 Å². The quantitative estimate of drug-likeness (QED) is 0.729. The minimum atomic E-state index is -0.345. The van der Waals surface area contributed by atoms with Crippen molar-refractivity contribution >= 4 is 17.6 Å². The van der Waals surface area contributed by atoms with Crippen molar-refractivity contribution in [3.8, 4) is 0 Å². The lowest BCUT2D eigenvalue weighted by Gasteiger charge is -2.14. The summed E-state index contributed by atoms with van der Waals surface area (Å²) in [6.45, 7) is 1.99.